The number of nitrogens with zero attached hydrogens (tertiary/aromatic N) is 5. The van der Waals surface area contributed by atoms with Gasteiger partial charge in [-0.2, -0.15) is 0 Å². The molecule has 1 aliphatic carbocycles. The van der Waals surface area contributed by atoms with Crippen LogP contribution in [0.4, 0.5) is 10.3 Å². The quantitative estimate of drug-likeness (QED) is 0.421. The van der Waals surface area contributed by atoms with Crippen LogP contribution in [0.5, 0.6) is 5.75 Å². The van der Waals surface area contributed by atoms with Crippen molar-refractivity contribution >= 4 is 11.9 Å². The van der Waals surface area contributed by atoms with Gasteiger partial charge in [0.15, 0.2) is 11.6 Å². The number of nitrogens with one attached hydrogen (secondary N) is 1. The molecular weight excluding hydrogens is 511 g/mol. The minimum atomic E-state index is -0.506. The van der Waals surface area contributed by atoms with E-state index in [1.165, 1.54) is 11.8 Å². The number of rotatable bonds is 9. The van der Waals surface area contributed by atoms with E-state index in [0.29, 0.717) is 38.5 Å². The molecule has 1 spiro atoms. The van der Waals surface area contributed by atoms with Gasteiger partial charge in [-0.05, 0) is 55.9 Å². The number of imidazole rings is 1. The second kappa shape index (κ2) is 10.5. The van der Waals surface area contributed by atoms with E-state index in [9.17, 15) is 14.3 Å². The molecule has 0 bridgehead atoms. The minimum absolute atomic E-state index is 0.0341. The highest BCUT2D eigenvalue weighted by Crippen LogP contribution is 2.55. The standard InChI is InChI=1S/C30H37FN6O3/c1-4-40-26-13-25(34-14-24(26)31)19(2)37-18-30(6-7-30)27-21(16-35-9-5-22(38)17-35)11-20(12-23(27)28(37)39)15-36-10-8-33-29(36)32-3/h8,10-14,19,22,38H,4-7,9,15-18H2,1-3H3,(H,32,33)/t19-,22-/m0/s1. The monoisotopic (exact) mass is 548 g/mol. The molecule has 10 heteroatoms. The van der Waals surface area contributed by atoms with Crippen molar-refractivity contribution in [2.75, 3.05) is 38.6 Å². The fourth-order valence-electron chi connectivity index (χ4n) is 6.43. The number of β-amino-alcohol motifs (C(OH)–C–C–N with tert-alkyl or cyclic N) is 1. The molecule has 0 unspecified atom stereocenters. The maximum Gasteiger partial charge on any atom is 0.254 e. The lowest BCUT2D eigenvalue weighted by Crippen LogP contribution is -2.45. The predicted molar refractivity (Wildman–Crippen MR) is 149 cm³/mol. The number of ether oxygens (including phenoxy) is 1. The van der Waals surface area contributed by atoms with E-state index in [4.69, 9.17) is 4.74 Å². The molecule has 1 saturated heterocycles. The summed E-state index contributed by atoms with van der Waals surface area (Å²) >= 11 is 0. The van der Waals surface area contributed by atoms with Crippen molar-refractivity contribution in [3.05, 3.63) is 70.6 Å². The number of carbonyl (C=O) groups excluding carboxylic acids is 1. The zero-order valence-electron chi connectivity index (χ0n) is 23.4. The Morgan fingerprint density at radius 3 is 2.77 bits per heavy atom. The van der Waals surface area contributed by atoms with Crippen LogP contribution in [0.25, 0.3) is 0 Å². The number of hydrogen-bond acceptors (Lipinski definition) is 7. The number of aliphatic hydroxyl groups is 1. The van der Waals surface area contributed by atoms with Crippen molar-refractivity contribution in [1.82, 2.24) is 24.3 Å². The third-order valence-electron chi connectivity index (χ3n) is 8.60. The summed E-state index contributed by atoms with van der Waals surface area (Å²) in [5.41, 5.74) is 4.60. The van der Waals surface area contributed by atoms with Crippen molar-refractivity contribution in [3.8, 4) is 5.75 Å². The highest BCUT2D eigenvalue weighted by atomic mass is 19.1. The molecule has 2 aromatic heterocycles. The summed E-state index contributed by atoms with van der Waals surface area (Å²) in [6.07, 6.45) is 7.35. The van der Waals surface area contributed by atoms with Crippen LogP contribution in [-0.2, 0) is 18.5 Å². The van der Waals surface area contributed by atoms with Gasteiger partial charge in [-0.1, -0.05) is 6.07 Å². The molecule has 3 aromatic rings. The normalized spacial score (nSPS) is 20.6. The number of halogens is 1. The van der Waals surface area contributed by atoms with E-state index in [-0.39, 0.29) is 29.2 Å². The summed E-state index contributed by atoms with van der Waals surface area (Å²) in [5, 5.41) is 13.3. The van der Waals surface area contributed by atoms with Crippen LogP contribution >= 0.6 is 0 Å². The molecule has 2 aliphatic heterocycles. The average molecular weight is 549 g/mol. The van der Waals surface area contributed by atoms with Crippen LogP contribution in [0.15, 0.2) is 36.8 Å². The number of benzene rings is 1. The largest absolute Gasteiger partial charge is 0.491 e. The first-order valence-electron chi connectivity index (χ1n) is 14.2. The zero-order chi connectivity index (χ0) is 28.0. The predicted octanol–water partition coefficient (Wildman–Crippen LogP) is 3.72. The maximum atomic E-state index is 14.3. The van der Waals surface area contributed by atoms with Gasteiger partial charge in [0, 0.05) is 62.7 Å². The Bertz CT molecular complexity index is 1420. The number of hydrogen-bond donors (Lipinski definition) is 2. The summed E-state index contributed by atoms with van der Waals surface area (Å²) in [4.78, 5) is 27.1. The van der Waals surface area contributed by atoms with Crippen LogP contribution in [0.1, 0.15) is 71.9 Å². The summed E-state index contributed by atoms with van der Waals surface area (Å²) in [5.74, 6) is 0.375. The zero-order valence-corrected chi connectivity index (χ0v) is 23.4. The first-order chi connectivity index (χ1) is 19.3. The molecule has 2 atom stereocenters. The second-order valence-corrected chi connectivity index (χ2v) is 11.3. The second-order valence-electron chi connectivity index (χ2n) is 11.3. The SMILES string of the molecule is CCOc1cc([C@H](C)N2CC3(CC3)c3c(CN4CC[C@H](O)C4)cc(Cn4ccnc4NC)cc3C2=O)ncc1F. The van der Waals surface area contributed by atoms with Gasteiger partial charge in [-0.3, -0.25) is 14.7 Å². The molecule has 0 radical (unpaired) electrons. The summed E-state index contributed by atoms with van der Waals surface area (Å²) < 4.78 is 21.8. The van der Waals surface area contributed by atoms with E-state index in [1.54, 1.807) is 12.3 Å². The Hall–Kier alpha value is -3.50. The van der Waals surface area contributed by atoms with Gasteiger partial charge >= 0.3 is 0 Å². The number of amides is 1. The molecule has 1 saturated carbocycles. The van der Waals surface area contributed by atoms with Crippen LogP contribution in [0.3, 0.4) is 0 Å². The van der Waals surface area contributed by atoms with Gasteiger partial charge in [0.1, 0.15) is 0 Å². The molecule has 1 aromatic carbocycles. The molecule has 2 fully saturated rings. The van der Waals surface area contributed by atoms with E-state index in [1.807, 2.05) is 42.6 Å². The first-order valence-corrected chi connectivity index (χ1v) is 14.2. The van der Waals surface area contributed by atoms with Gasteiger partial charge in [0.25, 0.3) is 5.91 Å². The van der Waals surface area contributed by atoms with Crippen LogP contribution in [0, 0.1) is 5.82 Å². The smallest absolute Gasteiger partial charge is 0.254 e. The topological polar surface area (TPSA) is 95.7 Å². The Morgan fingerprint density at radius 1 is 1.25 bits per heavy atom. The summed E-state index contributed by atoms with van der Waals surface area (Å²) in [7, 11) is 1.84. The van der Waals surface area contributed by atoms with Crippen molar-refractivity contribution in [1.29, 1.82) is 0 Å². The van der Waals surface area contributed by atoms with E-state index >= 15 is 0 Å². The molecule has 6 rings (SSSR count). The summed E-state index contributed by atoms with van der Waals surface area (Å²) in [6.45, 7) is 7.48. The number of pyridine rings is 1. The minimum Gasteiger partial charge on any atom is -0.491 e. The lowest BCUT2D eigenvalue weighted by Gasteiger charge is -2.40. The lowest BCUT2D eigenvalue weighted by atomic mass is 9.81. The Balaban J connectivity index is 1.39. The molecule has 1 amide bonds. The third kappa shape index (κ3) is 4.83. The van der Waals surface area contributed by atoms with Gasteiger partial charge in [0.2, 0.25) is 5.95 Å². The summed E-state index contributed by atoms with van der Waals surface area (Å²) in [6, 6.07) is 5.56. The van der Waals surface area contributed by atoms with Crippen LogP contribution in [0.2, 0.25) is 0 Å². The van der Waals surface area contributed by atoms with Gasteiger partial charge < -0.3 is 24.6 Å². The highest BCUT2D eigenvalue weighted by Gasteiger charge is 2.53. The van der Waals surface area contributed by atoms with Gasteiger partial charge in [-0.25, -0.2) is 9.37 Å². The molecule has 4 heterocycles. The Labute approximate surface area is 234 Å². The number of aromatic nitrogens is 3. The average Bonchev–Trinajstić information content (AvgIpc) is 3.35. The van der Waals surface area contributed by atoms with Crippen molar-refractivity contribution in [2.45, 2.75) is 63.8 Å². The highest BCUT2D eigenvalue weighted by molar-refractivity contribution is 5.98. The Morgan fingerprint density at radius 2 is 2.08 bits per heavy atom. The van der Waals surface area contributed by atoms with Crippen LogP contribution in [-0.4, -0.2) is 74.7 Å². The van der Waals surface area contributed by atoms with Crippen LogP contribution < -0.4 is 10.1 Å². The molecule has 9 nitrogen and oxygen atoms in total. The Kier molecular flexibility index (Phi) is 7.00. The van der Waals surface area contributed by atoms with E-state index < -0.39 is 5.82 Å². The van der Waals surface area contributed by atoms with Crippen molar-refractivity contribution < 1.29 is 19.0 Å². The van der Waals surface area contributed by atoms with Crippen molar-refractivity contribution in [3.63, 3.8) is 0 Å². The molecule has 40 heavy (non-hydrogen) atoms. The van der Waals surface area contributed by atoms with Gasteiger partial charge in [-0.15, -0.1) is 0 Å². The number of likely N-dealkylation sites (tertiary alicyclic amines) is 1. The number of fused-ring (bicyclic) bond motifs is 2. The van der Waals surface area contributed by atoms with E-state index in [0.717, 1.165) is 48.4 Å². The molecule has 2 N–H and O–H groups in total. The lowest BCUT2D eigenvalue weighted by molar-refractivity contribution is 0.0632. The van der Waals surface area contributed by atoms with Crippen molar-refractivity contribution in [2.24, 2.45) is 0 Å². The maximum absolute atomic E-state index is 14.3. The molecule has 212 valence electrons. The molecular formula is C30H37FN6O3. The first kappa shape index (κ1) is 26.7. The fourth-order valence-corrected chi connectivity index (χ4v) is 6.43. The fraction of sp³-hybridized carbons (Fsp3) is 0.500. The van der Waals surface area contributed by atoms with E-state index in [2.05, 4.69) is 26.3 Å². The number of anilines is 1. The van der Waals surface area contributed by atoms with Gasteiger partial charge in [0.05, 0.1) is 37.2 Å². The number of aliphatic hydroxyl groups excluding tert-OH is 1. The number of carbonyl (C=O) groups is 1. The molecule has 3 aliphatic rings. The third-order valence-corrected chi connectivity index (χ3v) is 8.60.